The van der Waals surface area contributed by atoms with Crippen LogP contribution in [-0.4, -0.2) is 76.7 Å². The Balaban J connectivity index is -0.000000527. The number of nitrogens with zero attached hydrogens (tertiary/aromatic N) is 1. The molecule has 0 fully saturated rings. The SMILES string of the molecule is CCC[CH2][SnH]([CH2]CCC)[CH2]CCC.Nc1ccccc1C=O.O=Cc1ccccc1[N+](=O)[O-].[CH2+]O[SiH](C)OC.[CH2+]O[Si](C)(OC)OC. The van der Waals surface area contributed by atoms with Gasteiger partial charge in [0.2, 0.25) is 14.2 Å². The van der Waals surface area contributed by atoms with Crippen LogP contribution < -0.4 is 5.73 Å². The van der Waals surface area contributed by atoms with Crippen molar-refractivity contribution in [2.75, 3.05) is 27.1 Å². The molecule has 0 aromatic heterocycles. The van der Waals surface area contributed by atoms with Crippen LogP contribution in [-0.2, 0) is 22.1 Å². The fourth-order valence-corrected chi connectivity index (χ4v) is 15.0. The van der Waals surface area contributed by atoms with E-state index in [1.54, 1.807) is 71.5 Å². The number of nitro benzene ring substituents is 1. The van der Waals surface area contributed by atoms with Crippen LogP contribution in [0.1, 0.15) is 80.0 Å². The summed E-state index contributed by atoms with van der Waals surface area (Å²) in [7, 11) is 7.56. The quantitative estimate of drug-likeness (QED) is 0.0416. The van der Waals surface area contributed by atoms with Gasteiger partial charge in [0.1, 0.15) is 0 Å². The van der Waals surface area contributed by atoms with E-state index in [-0.39, 0.29) is 11.3 Å². The van der Waals surface area contributed by atoms with Crippen molar-refractivity contribution in [1.29, 1.82) is 0 Å². The summed E-state index contributed by atoms with van der Waals surface area (Å²) >= 11 is -0.967. The molecule has 47 heavy (non-hydrogen) atoms. The van der Waals surface area contributed by atoms with Crippen molar-refractivity contribution in [3.63, 3.8) is 0 Å². The number of aldehydes is 2. The van der Waals surface area contributed by atoms with Gasteiger partial charge in [-0.25, -0.2) is 4.43 Å². The second-order valence-corrected chi connectivity index (χ2v) is 25.0. The van der Waals surface area contributed by atoms with Gasteiger partial charge in [-0.05, 0) is 24.7 Å². The average molecular weight is 804 g/mol. The van der Waals surface area contributed by atoms with Crippen molar-refractivity contribution in [3.8, 4) is 0 Å². The monoisotopic (exact) mass is 804 g/mol. The van der Waals surface area contributed by atoms with Crippen molar-refractivity contribution in [2.24, 2.45) is 0 Å². The Labute approximate surface area is 294 Å². The number of hydrogen-bond donors (Lipinski definition) is 1. The van der Waals surface area contributed by atoms with Crippen LogP contribution in [0.2, 0.25) is 26.4 Å². The summed E-state index contributed by atoms with van der Waals surface area (Å²) in [6.45, 7) is 10.7. The molecule has 1 atom stereocenters. The second kappa shape index (κ2) is 33.6. The largest absolute Gasteiger partial charge is 0.544 e. The number of benzene rings is 2. The summed E-state index contributed by atoms with van der Waals surface area (Å²) in [5.41, 5.74) is 6.45. The molecule has 0 heterocycles. The number of hydrogen-bond acceptors (Lipinski definition) is 10. The van der Waals surface area contributed by atoms with Crippen LogP contribution in [0.3, 0.4) is 0 Å². The van der Waals surface area contributed by atoms with E-state index >= 15 is 0 Å². The Kier molecular flexibility index (Phi) is 35.2. The minimum Gasteiger partial charge on any atom is -0.398 e. The number of rotatable bonds is 17. The third-order valence-corrected chi connectivity index (χ3v) is 20.5. The molecule has 0 aliphatic carbocycles. The van der Waals surface area contributed by atoms with Crippen LogP contribution in [0.4, 0.5) is 11.4 Å². The van der Waals surface area contributed by atoms with Crippen molar-refractivity contribution in [1.82, 2.24) is 0 Å². The Morgan fingerprint density at radius 3 is 1.51 bits per heavy atom. The van der Waals surface area contributed by atoms with E-state index in [2.05, 4.69) is 43.8 Å². The Morgan fingerprint density at radius 2 is 1.28 bits per heavy atom. The summed E-state index contributed by atoms with van der Waals surface area (Å²) in [5, 5.41) is 10.2. The van der Waals surface area contributed by atoms with Gasteiger partial charge < -0.3 is 19.0 Å². The maximum Gasteiger partial charge on any atom is 0.544 e. The molecule has 0 spiro atoms. The number of carbonyl (C=O) groups excluding carboxylic acids is 2. The molecular formula is C33H60N2O9Si2Sn+2. The van der Waals surface area contributed by atoms with Crippen LogP contribution in [0.5, 0.6) is 0 Å². The number of carbonyl (C=O) groups is 2. The molecule has 2 aromatic carbocycles. The van der Waals surface area contributed by atoms with Gasteiger partial charge in [0.05, 0.1) is 10.5 Å². The zero-order valence-corrected chi connectivity index (χ0v) is 35.4. The van der Waals surface area contributed by atoms with Gasteiger partial charge in [-0.1, -0.05) is 24.3 Å². The summed E-state index contributed by atoms with van der Waals surface area (Å²) in [6, 6.07) is 12.8. The van der Waals surface area contributed by atoms with Gasteiger partial charge in [0.15, 0.2) is 12.6 Å². The number of nitro groups is 1. The summed E-state index contributed by atoms with van der Waals surface area (Å²) < 4.78 is 28.8. The maximum absolute atomic E-state index is 10.2. The number of anilines is 1. The van der Waals surface area contributed by atoms with Gasteiger partial charge in [-0.15, -0.1) is 0 Å². The minimum absolute atomic E-state index is 0.109. The molecule has 14 heteroatoms. The summed E-state index contributed by atoms with van der Waals surface area (Å²) in [4.78, 5) is 30.0. The van der Waals surface area contributed by atoms with Crippen molar-refractivity contribution >= 4 is 61.8 Å². The molecule has 0 aliphatic rings. The Bertz CT molecular complexity index is 1020. The van der Waals surface area contributed by atoms with Crippen molar-refractivity contribution in [2.45, 2.75) is 85.7 Å². The zero-order chi connectivity index (χ0) is 36.5. The maximum atomic E-state index is 10.2. The van der Waals surface area contributed by atoms with Crippen LogP contribution in [0.15, 0.2) is 48.5 Å². The Morgan fingerprint density at radius 1 is 0.851 bits per heavy atom. The molecular weight excluding hydrogens is 743 g/mol. The second-order valence-electron chi connectivity index (χ2n) is 10.4. The van der Waals surface area contributed by atoms with Crippen LogP contribution >= 0.6 is 0 Å². The van der Waals surface area contributed by atoms with Gasteiger partial charge in [0.25, 0.3) is 5.69 Å². The van der Waals surface area contributed by atoms with E-state index in [1.807, 2.05) is 6.55 Å². The first-order valence-corrected chi connectivity index (χ1v) is 27.2. The molecule has 0 bridgehead atoms. The molecule has 266 valence electrons. The molecule has 11 nitrogen and oxygen atoms in total. The topological polar surface area (TPSA) is 149 Å². The molecule has 0 radical (unpaired) electrons. The van der Waals surface area contributed by atoms with Gasteiger partial charge in [0, 0.05) is 45.2 Å². The molecule has 0 amide bonds. The Hall–Kier alpha value is -2.25. The standard InChI is InChI=1S/C7H5NO3.C7H7NO.C4H11O3Si.3C4H9.C3H9O2Si.Sn.H/c9-5-6-3-1-2-4-7(6)8(10)11;8-7-4-2-1-3-6(7)5-9;1-5-8(4,6-2)7-3;3*1-3-4-2;1-4-6(3)5-2;;/h1-5H;1-5H,8H2;1H2,2-4H3;3*1,3-4H2,2H3;6H,1H2,2-3H3;;/q;;+1;;;;+1;;. The van der Waals surface area contributed by atoms with Gasteiger partial charge >= 0.3 is 110 Å². The zero-order valence-electron chi connectivity index (χ0n) is 29.9. The predicted molar refractivity (Wildman–Crippen MR) is 200 cm³/mol. The third-order valence-electron chi connectivity index (χ3n) is 6.85. The van der Waals surface area contributed by atoms with E-state index in [0.717, 1.165) is 6.29 Å². The molecule has 2 rings (SSSR count). The van der Waals surface area contributed by atoms with Crippen molar-refractivity contribution in [3.05, 3.63) is 84.0 Å². The number of unbranched alkanes of at least 4 members (excludes halogenated alkanes) is 3. The number of nitrogen functional groups attached to an aromatic ring is 1. The van der Waals surface area contributed by atoms with Crippen molar-refractivity contribution < 1.29 is 36.6 Å². The average Bonchev–Trinajstić information content (AvgIpc) is 3.11. The molecule has 1 unspecified atom stereocenters. The minimum atomic E-state index is -2.28. The molecule has 0 saturated heterocycles. The fourth-order valence-electron chi connectivity index (χ4n) is 3.55. The van der Waals surface area contributed by atoms with E-state index in [1.165, 1.54) is 56.7 Å². The molecule has 0 aliphatic heterocycles. The van der Waals surface area contributed by atoms with Crippen LogP contribution in [0.25, 0.3) is 0 Å². The molecule has 0 saturated carbocycles. The number of para-hydroxylation sites is 2. The smallest absolute Gasteiger partial charge is 0.398 e. The van der Waals surface area contributed by atoms with E-state index < -0.39 is 42.8 Å². The fraction of sp³-hybridized carbons (Fsp3) is 0.515. The third kappa shape index (κ3) is 27.4. The predicted octanol–water partition coefficient (Wildman–Crippen LogP) is 8.05. The summed E-state index contributed by atoms with van der Waals surface area (Å²) in [6.07, 6.45) is 10.1. The molecule has 2 N–H and O–H groups in total. The first-order chi connectivity index (χ1) is 22.4. The first kappa shape index (κ1) is 49.1. The van der Waals surface area contributed by atoms with Gasteiger partial charge in [-0.2, -0.15) is 4.43 Å². The van der Waals surface area contributed by atoms with E-state index in [0.29, 0.717) is 17.5 Å². The first-order valence-electron chi connectivity index (χ1n) is 15.9. The summed E-state index contributed by atoms with van der Waals surface area (Å²) in [5.74, 6) is 0. The normalized spacial score (nSPS) is 10.7. The van der Waals surface area contributed by atoms with E-state index in [9.17, 15) is 19.7 Å². The van der Waals surface area contributed by atoms with Crippen LogP contribution in [0, 0.1) is 24.3 Å². The molecule has 2 aromatic rings. The van der Waals surface area contributed by atoms with E-state index in [4.69, 9.17) is 19.0 Å². The van der Waals surface area contributed by atoms with Gasteiger partial charge in [-0.3, -0.25) is 19.7 Å². The number of nitrogens with two attached hydrogens (primary N) is 1.